The van der Waals surface area contributed by atoms with E-state index in [-0.39, 0.29) is 11.9 Å². The highest BCUT2D eigenvalue weighted by atomic mass is 19.1. The number of aryl methyl sites for hydroxylation is 1. The second-order valence-corrected chi connectivity index (χ2v) is 4.57. The molecule has 0 fully saturated rings. The number of nitrogens with zero attached hydrogens (tertiary/aromatic N) is 1. The molecule has 1 unspecified atom stereocenters. The molecule has 18 heavy (non-hydrogen) atoms. The van der Waals surface area contributed by atoms with E-state index in [1.807, 2.05) is 24.4 Å². The van der Waals surface area contributed by atoms with Gasteiger partial charge in [0.1, 0.15) is 5.82 Å². The zero-order valence-electron chi connectivity index (χ0n) is 10.7. The van der Waals surface area contributed by atoms with Crippen molar-refractivity contribution in [3.63, 3.8) is 0 Å². The predicted octanol–water partition coefficient (Wildman–Crippen LogP) is 3.57. The molecular weight excluding hydrogens is 227 g/mol. The highest BCUT2D eigenvalue weighted by Gasteiger charge is 2.05. The molecule has 2 nitrogen and oxygen atoms in total. The van der Waals surface area contributed by atoms with E-state index in [0.29, 0.717) is 0 Å². The van der Waals surface area contributed by atoms with E-state index in [1.165, 1.54) is 17.7 Å². The summed E-state index contributed by atoms with van der Waals surface area (Å²) in [6.45, 7) is 4.16. The van der Waals surface area contributed by atoms with Crippen molar-refractivity contribution in [3.05, 3.63) is 59.7 Å². The molecule has 2 rings (SSSR count). The molecule has 0 spiro atoms. The maximum absolute atomic E-state index is 12.8. The van der Waals surface area contributed by atoms with Gasteiger partial charge < -0.3 is 5.32 Å². The Morgan fingerprint density at radius 3 is 2.61 bits per heavy atom. The third-order valence-electron chi connectivity index (χ3n) is 2.90. The largest absolute Gasteiger partial charge is 0.381 e. The number of nitrogens with one attached hydrogen (secondary N) is 1. The van der Waals surface area contributed by atoms with Gasteiger partial charge in [-0.25, -0.2) is 4.39 Å². The van der Waals surface area contributed by atoms with Gasteiger partial charge in [-0.05, 0) is 49.6 Å². The second-order valence-electron chi connectivity index (χ2n) is 4.57. The normalized spacial score (nSPS) is 12.2. The third kappa shape index (κ3) is 3.29. The quantitative estimate of drug-likeness (QED) is 0.889. The van der Waals surface area contributed by atoms with E-state index in [1.54, 1.807) is 6.20 Å². The molecule has 0 saturated carbocycles. The third-order valence-corrected chi connectivity index (χ3v) is 2.90. The summed E-state index contributed by atoms with van der Waals surface area (Å²) < 4.78 is 12.8. The Kier molecular flexibility index (Phi) is 3.92. The van der Waals surface area contributed by atoms with Crippen LogP contribution >= 0.6 is 0 Å². The summed E-state index contributed by atoms with van der Waals surface area (Å²) in [5.74, 6) is -0.192. The number of anilines is 1. The minimum Gasteiger partial charge on any atom is -0.381 e. The molecular formula is C15H17FN2. The van der Waals surface area contributed by atoms with Gasteiger partial charge in [0.2, 0.25) is 0 Å². The summed E-state index contributed by atoms with van der Waals surface area (Å²) in [5, 5.41) is 3.42. The van der Waals surface area contributed by atoms with E-state index in [0.717, 1.165) is 17.7 Å². The summed E-state index contributed by atoms with van der Waals surface area (Å²) in [7, 11) is 0. The average molecular weight is 244 g/mol. The maximum Gasteiger partial charge on any atom is 0.123 e. The Bertz CT molecular complexity index is 508. The van der Waals surface area contributed by atoms with Crippen LogP contribution in [0.15, 0.2) is 42.7 Å². The number of rotatable bonds is 4. The van der Waals surface area contributed by atoms with E-state index in [2.05, 4.69) is 24.1 Å². The molecule has 94 valence electrons. The summed E-state index contributed by atoms with van der Waals surface area (Å²) in [6, 6.07) is 8.90. The van der Waals surface area contributed by atoms with Gasteiger partial charge in [-0.15, -0.1) is 0 Å². The van der Waals surface area contributed by atoms with Crippen LogP contribution in [0.2, 0.25) is 0 Å². The molecule has 1 atom stereocenters. The van der Waals surface area contributed by atoms with Gasteiger partial charge in [-0.1, -0.05) is 12.1 Å². The van der Waals surface area contributed by atoms with Gasteiger partial charge in [0, 0.05) is 12.2 Å². The molecule has 1 N–H and O–H groups in total. The fraction of sp³-hybridized carbons (Fsp3) is 0.267. The topological polar surface area (TPSA) is 24.9 Å². The van der Waals surface area contributed by atoms with Crippen LogP contribution in [0.1, 0.15) is 18.1 Å². The highest BCUT2D eigenvalue weighted by molar-refractivity contribution is 5.48. The molecule has 1 aromatic heterocycles. The number of pyridine rings is 1. The maximum atomic E-state index is 12.8. The van der Waals surface area contributed by atoms with Crippen LogP contribution in [-0.4, -0.2) is 11.0 Å². The lowest BCUT2D eigenvalue weighted by atomic mass is 10.1. The predicted molar refractivity (Wildman–Crippen MR) is 72.2 cm³/mol. The van der Waals surface area contributed by atoms with Crippen LogP contribution in [0, 0.1) is 12.7 Å². The van der Waals surface area contributed by atoms with Gasteiger partial charge in [0.25, 0.3) is 0 Å². The Morgan fingerprint density at radius 2 is 1.94 bits per heavy atom. The van der Waals surface area contributed by atoms with E-state index >= 15 is 0 Å². The number of halogens is 1. The average Bonchev–Trinajstić information content (AvgIpc) is 2.35. The van der Waals surface area contributed by atoms with Crippen molar-refractivity contribution >= 4 is 5.69 Å². The van der Waals surface area contributed by atoms with Gasteiger partial charge in [-0.2, -0.15) is 0 Å². The summed E-state index contributed by atoms with van der Waals surface area (Å²) in [5.41, 5.74) is 3.35. The van der Waals surface area contributed by atoms with Crippen molar-refractivity contribution in [2.45, 2.75) is 26.3 Å². The van der Waals surface area contributed by atoms with Crippen molar-refractivity contribution < 1.29 is 4.39 Å². The summed E-state index contributed by atoms with van der Waals surface area (Å²) in [6.07, 6.45) is 4.47. The van der Waals surface area contributed by atoms with Gasteiger partial charge in [0.05, 0.1) is 11.9 Å². The smallest absolute Gasteiger partial charge is 0.123 e. The first-order valence-electron chi connectivity index (χ1n) is 6.07. The van der Waals surface area contributed by atoms with Crippen LogP contribution in [0.5, 0.6) is 0 Å². The Labute approximate surface area is 107 Å². The monoisotopic (exact) mass is 244 g/mol. The number of hydrogen-bond donors (Lipinski definition) is 1. The molecule has 0 saturated heterocycles. The van der Waals surface area contributed by atoms with Crippen molar-refractivity contribution in [3.8, 4) is 0 Å². The van der Waals surface area contributed by atoms with Crippen molar-refractivity contribution in [1.29, 1.82) is 0 Å². The van der Waals surface area contributed by atoms with Crippen LogP contribution < -0.4 is 5.32 Å². The Morgan fingerprint density at radius 1 is 1.22 bits per heavy atom. The Hall–Kier alpha value is -1.90. The highest BCUT2D eigenvalue weighted by Crippen LogP contribution is 2.14. The molecule has 0 radical (unpaired) electrons. The van der Waals surface area contributed by atoms with Gasteiger partial charge in [0.15, 0.2) is 0 Å². The first-order chi connectivity index (χ1) is 8.65. The van der Waals surface area contributed by atoms with Crippen molar-refractivity contribution in [2.24, 2.45) is 0 Å². The standard InChI is InChI=1S/C15H17FN2/c1-11-7-8-17-10-15(11)18-12(2)9-13-3-5-14(16)6-4-13/h3-8,10,12,18H,9H2,1-2H3. The van der Waals surface area contributed by atoms with Gasteiger partial charge >= 0.3 is 0 Å². The summed E-state index contributed by atoms with van der Waals surface area (Å²) in [4.78, 5) is 4.11. The molecule has 0 bridgehead atoms. The molecule has 0 aliphatic heterocycles. The van der Waals surface area contributed by atoms with Crippen LogP contribution in [-0.2, 0) is 6.42 Å². The molecule has 0 aliphatic rings. The van der Waals surface area contributed by atoms with Crippen LogP contribution in [0.4, 0.5) is 10.1 Å². The Balaban J connectivity index is 1.99. The molecule has 3 heteroatoms. The first kappa shape index (κ1) is 12.6. The van der Waals surface area contributed by atoms with E-state index in [9.17, 15) is 4.39 Å². The molecule has 2 aromatic rings. The zero-order chi connectivity index (χ0) is 13.0. The minimum absolute atomic E-state index is 0.192. The van der Waals surface area contributed by atoms with Crippen molar-refractivity contribution in [2.75, 3.05) is 5.32 Å². The first-order valence-corrected chi connectivity index (χ1v) is 6.07. The molecule has 0 amide bonds. The minimum atomic E-state index is -0.192. The van der Waals surface area contributed by atoms with E-state index < -0.39 is 0 Å². The SMILES string of the molecule is Cc1ccncc1NC(C)Cc1ccc(F)cc1. The molecule has 1 heterocycles. The van der Waals surface area contributed by atoms with Crippen LogP contribution in [0.25, 0.3) is 0 Å². The van der Waals surface area contributed by atoms with Gasteiger partial charge in [-0.3, -0.25) is 4.98 Å². The number of benzene rings is 1. The second kappa shape index (κ2) is 5.63. The molecule has 1 aromatic carbocycles. The van der Waals surface area contributed by atoms with Crippen LogP contribution in [0.3, 0.4) is 0 Å². The van der Waals surface area contributed by atoms with Crippen molar-refractivity contribution in [1.82, 2.24) is 4.98 Å². The molecule has 0 aliphatic carbocycles. The lowest BCUT2D eigenvalue weighted by Gasteiger charge is -2.16. The zero-order valence-corrected chi connectivity index (χ0v) is 10.7. The number of hydrogen-bond acceptors (Lipinski definition) is 2. The van der Waals surface area contributed by atoms with E-state index in [4.69, 9.17) is 0 Å². The fourth-order valence-corrected chi connectivity index (χ4v) is 1.91. The lowest BCUT2D eigenvalue weighted by Crippen LogP contribution is -2.18. The summed E-state index contributed by atoms with van der Waals surface area (Å²) >= 11 is 0. The lowest BCUT2D eigenvalue weighted by molar-refractivity contribution is 0.626. The number of aromatic nitrogens is 1. The fourth-order valence-electron chi connectivity index (χ4n) is 1.91.